The first-order chi connectivity index (χ1) is 29.0. The van der Waals surface area contributed by atoms with Crippen LogP contribution in [0.2, 0.25) is 0 Å². The number of anilines is 3. The van der Waals surface area contributed by atoms with Gasteiger partial charge in [0.2, 0.25) is 0 Å². The maximum Gasteiger partial charge on any atom is 0.143 e. The van der Waals surface area contributed by atoms with Crippen molar-refractivity contribution in [2.75, 3.05) is 4.90 Å². The fraction of sp³-hybridized carbons (Fsp3) is 0.0877. The van der Waals surface area contributed by atoms with Crippen molar-refractivity contribution in [3.63, 3.8) is 0 Å². The Bertz CT molecular complexity index is 3070. The van der Waals surface area contributed by atoms with E-state index in [1.807, 2.05) is 0 Å². The Balaban J connectivity index is 0.986. The lowest BCUT2D eigenvalue weighted by Crippen LogP contribution is -2.18. The lowest BCUT2D eigenvalue weighted by atomic mass is 9.80. The first-order valence-electron chi connectivity index (χ1n) is 20.7. The summed E-state index contributed by atoms with van der Waals surface area (Å²) in [5, 5.41) is 2.26. The molecule has 59 heavy (non-hydrogen) atoms. The molecule has 8 aromatic carbocycles. The van der Waals surface area contributed by atoms with E-state index in [0.29, 0.717) is 0 Å². The second kappa shape index (κ2) is 14.0. The van der Waals surface area contributed by atoms with Gasteiger partial charge in [-0.15, -0.1) is 0 Å². The van der Waals surface area contributed by atoms with Crippen LogP contribution in [0.3, 0.4) is 0 Å². The number of benzene rings is 8. The summed E-state index contributed by atoms with van der Waals surface area (Å²) in [6, 6.07) is 68.1. The quantitative estimate of drug-likeness (QED) is 0.161. The Labute approximate surface area is 346 Å². The molecule has 9 aromatic rings. The number of hydrogen-bond donors (Lipinski definition) is 0. The van der Waals surface area contributed by atoms with Gasteiger partial charge in [-0.1, -0.05) is 178 Å². The van der Waals surface area contributed by atoms with E-state index >= 15 is 0 Å². The van der Waals surface area contributed by atoms with Gasteiger partial charge in [0.25, 0.3) is 0 Å². The zero-order valence-electron chi connectivity index (χ0n) is 33.3. The van der Waals surface area contributed by atoms with Crippen molar-refractivity contribution >= 4 is 44.6 Å². The zero-order chi connectivity index (χ0) is 39.5. The molecule has 0 fully saturated rings. The SMILES string of the molecule is CC1(C)C2=C(CCC=C2)c2ccc(N(c3ccc(-c4ccc(-c5ccccc5)cc4)cc3)c3ccc(-c4cccc5c4oc4c(-c6ccccc6)cccc45)cc3)cc21. The number of nitrogens with zero attached hydrogens (tertiary/aromatic N) is 1. The largest absolute Gasteiger partial charge is 0.455 e. The smallest absolute Gasteiger partial charge is 0.143 e. The minimum absolute atomic E-state index is 0.0610. The molecular weight excluding hydrogens is 715 g/mol. The van der Waals surface area contributed by atoms with Crippen molar-refractivity contribution in [2.24, 2.45) is 0 Å². The summed E-state index contributed by atoms with van der Waals surface area (Å²) in [7, 11) is 0. The molecular formula is C57H43NO. The van der Waals surface area contributed by atoms with Crippen LogP contribution in [0.25, 0.3) is 72.0 Å². The van der Waals surface area contributed by atoms with Gasteiger partial charge in [0.1, 0.15) is 11.2 Å². The first kappa shape index (κ1) is 35.0. The summed E-state index contributed by atoms with van der Waals surface area (Å²) < 4.78 is 6.80. The minimum Gasteiger partial charge on any atom is -0.455 e. The summed E-state index contributed by atoms with van der Waals surface area (Å²) in [4.78, 5) is 2.41. The summed E-state index contributed by atoms with van der Waals surface area (Å²) in [5.74, 6) is 0. The van der Waals surface area contributed by atoms with Crippen molar-refractivity contribution in [1.82, 2.24) is 0 Å². The second-order valence-corrected chi connectivity index (χ2v) is 16.4. The molecule has 2 aliphatic carbocycles. The van der Waals surface area contributed by atoms with Crippen molar-refractivity contribution < 1.29 is 4.42 Å². The molecule has 0 aliphatic heterocycles. The normalized spacial score (nSPS) is 14.1. The van der Waals surface area contributed by atoms with Gasteiger partial charge in [-0.05, 0) is 105 Å². The predicted molar refractivity (Wildman–Crippen MR) is 248 cm³/mol. The van der Waals surface area contributed by atoms with E-state index in [2.05, 4.69) is 219 Å². The maximum absolute atomic E-state index is 6.80. The first-order valence-corrected chi connectivity index (χ1v) is 20.7. The summed E-state index contributed by atoms with van der Waals surface area (Å²) in [6.45, 7) is 4.76. The molecule has 11 rings (SSSR count). The van der Waals surface area contributed by atoms with Crippen LogP contribution < -0.4 is 4.90 Å². The van der Waals surface area contributed by atoms with E-state index in [1.54, 1.807) is 0 Å². The van der Waals surface area contributed by atoms with Crippen LogP contribution in [0, 0.1) is 0 Å². The van der Waals surface area contributed by atoms with E-state index in [-0.39, 0.29) is 5.41 Å². The molecule has 1 aromatic heterocycles. The third kappa shape index (κ3) is 5.94. The van der Waals surface area contributed by atoms with Gasteiger partial charge in [-0.3, -0.25) is 0 Å². The molecule has 1 heterocycles. The molecule has 0 saturated carbocycles. The second-order valence-electron chi connectivity index (χ2n) is 16.4. The minimum atomic E-state index is -0.0610. The molecule has 0 amide bonds. The number of hydrogen-bond acceptors (Lipinski definition) is 2. The van der Waals surface area contributed by atoms with Gasteiger partial charge in [-0.2, -0.15) is 0 Å². The molecule has 0 spiro atoms. The van der Waals surface area contributed by atoms with E-state index in [0.717, 1.165) is 74.1 Å². The molecule has 0 unspecified atom stereocenters. The van der Waals surface area contributed by atoms with Gasteiger partial charge < -0.3 is 9.32 Å². The van der Waals surface area contributed by atoms with Gasteiger partial charge >= 0.3 is 0 Å². The topological polar surface area (TPSA) is 16.4 Å². The third-order valence-electron chi connectivity index (χ3n) is 12.6. The van der Waals surface area contributed by atoms with E-state index in [4.69, 9.17) is 4.42 Å². The van der Waals surface area contributed by atoms with Crippen LogP contribution in [-0.2, 0) is 5.41 Å². The van der Waals surface area contributed by atoms with Crippen molar-refractivity contribution in [2.45, 2.75) is 32.1 Å². The number of furan rings is 1. The van der Waals surface area contributed by atoms with Gasteiger partial charge in [0.15, 0.2) is 0 Å². The highest BCUT2D eigenvalue weighted by Gasteiger charge is 2.37. The Kier molecular flexibility index (Phi) is 8.34. The van der Waals surface area contributed by atoms with Crippen molar-refractivity contribution in [3.05, 3.63) is 217 Å². The highest BCUT2D eigenvalue weighted by molar-refractivity contribution is 6.13. The number of allylic oxidation sites excluding steroid dienone is 4. The van der Waals surface area contributed by atoms with E-state index < -0.39 is 0 Å². The molecule has 2 nitrogen and oxygen atoms in total. The number of rotatable bonds is 7. The van der Waals surface area contributed by atoms with Crippen LogP contribution in [-0.4, -0.2) is 0 Å². The van der Waals surface area contributed by atoms with Crippen LogP contribution in [0.4, 0.5) is 17.1 Å². The summed E-state index contributed by atoms with van der Waals surface area (Å²) in [6.07, 6.45) is 6.91. The van der Waals surface area contributed by atoms with Crippen LogP contribution in [0.15, 0.2) is 210 Å². The predicted octanol–water partition coefficient (Wildman–Crippen LogP) is 16.1. The van der Waals surface area contributed by atoms with Crippen LogP contribution >= 0.6 is 0 Å². The van der Waals surface area contributed by atoms with Gasteiger partial charge in [-0.25, -0.2) is 0 Å². The Hall–Kier alpha value is -7.16. The highest BCUT2D eigenvalue weighted by Crippen LogP contribution is 2.52. The van der Waals surface area contributed by atoms with E-state index in [1.165, 1.54) is 44.5 Å². The molecule has 282 valence electrons. The fourth-order valence-corrected chi connectivity index (χ4v) is 9.54. The molecule has 2 aliphatic rings. The van der Waals surface area contributed by atoms with Crippen molar-refractivity contribution in [1.29, 1.82) is 0 Å². The van der Waals surface area contributed by atoms with E-state index in [9.17, 15) is 0 Å². The summed E-state index contributed by atoms with van der Waals surface area (Å²) >= 11 is 0. The third-order valence-corrected chi connectivity index (χ3v) is 12.6. The number of fused-ring (bicyclic) bond motifs is 5. The average Bonchev–Trinajstić information content (AvgIpc) is 3.80. The molecule has 0 bridgehead atoms. The Morgan fingerprint density at radius 1 is 0.441 bits per heavy atom. The maximum atomic E-state index is 6.80. The lowest BCUT2D eigenvalue weighted by molar-refractivity contribution is 0.651. The Morgan fingerprint density at radius 2 is 0.915 bits per heavy atom. The van der Waals surface area contributed by atoms with Crippen LogP contribution in [0.1, 0.15) is 37.8 Å². The monoisotopic (exact) mass is 757 g/mol. The zero-order valence-corrected chi connectivity index (χ0v) is 33.3. The molecule has 0 saturated heterocycles. The Morgan fingerprint density at radius 3 is 1.49 bits per heavy atom. The standard InChI is InChI=1S/C57H43NO/c1-57(2)53-22-10-9-17-49(53)50-36-35-46(37-54(50)57)58(44-31-27-41(28-32-44)40-25-23-39(24-26-40)38-13-5-3-6-14-38)45-33-29-43(30-34-45)48-19-12-21-52-51-20-11-18-47(55(51)59-56(48)52)42-15-7-4-8-16-42/h3-8,10-16,18-37H,9,17H2,1-2H3. The van der Waals surface area contributed by atoms with Gasteiger partial charge in [0.05, 0.1) is 0 Å². The summed E-state index contributed by atoms with van der Waals surface area (Å²) in [5.41, 5.74) is 20.2. The fourth-order valence-electron chi connectivity index (χ4n) is 9.54. The van der Waals surface area contributed by atoms with Crippen LogP contribution in [0.5, 0.6) is 0 Å². The van der Waals surface area contributed by atoms with Crippen molar-refractivity contribution in [3.8, 4) is 44.5 Å². The average molecular weight is 758 g/mol. The molecule has 0 atom stereocenters. The van der Waals surface area contributed by atoms with Gasteiger partial charge in [0, 0.05) is 44.4 Å². The number of para-hydroxylation sites is 2. The molecule has 0 N–H and O–H groups in total. The highest BCUT2D eigenvalue weighted by atomic mass is 16.3. The molecule has 2 heteroatoms. The lowest BCUT2D eigenvalue weighted by Gasteiger charge is -2.29. The molecule has 0 radical (unpaired) electrons.